The molecular weight excluding hydrogens is 901 g/mol. The van der Waals surface area contributed by atoms with E-state index >= 15 is 0 Å². The molecule has 0 bridgehead atoms. The van der Waals surface area contributed by atoms with E-state index in [1.807, 2.05) is 101 Å². The largest absolute Gasteiger partial charge is 0.508 e. The van der Waals surface area contributed by atoms with Gasteiger partial charge in [-0.15, -0.1) is 11.3 Å². The molecule has 1 saturated heterocycles. The number of amides is 3. The van der Waals surface area contributed by atoms with Crippen LogP contribution in [0.2, 0.25) is 0 Å². The number of aliphatic hydroxyl groups excluding tert-OH is 1. The van der Waals surface area contributed by atoms with E-state index in [0.29, 0.717) is 38.7 Å². The number of aliphatic hydroxyl groups is 1. The van der Waals surface area contributed by atoms with Gasteiger partial charge in [0.2, 0.25) is 11.8 Å². The Morgan fingerprint density at radius 1 is 0.841 bits per heavy atom. The number of β-amino-alcohol motifs (C(OH)–C–C–N with tert-alkyl or cyclic N) is 1. The summed E-state index contributed by atoms with van der Waals surface area (Å²) < 4.78 is 24.9. The molecule has 3 amide bonds. The number of phenolic OH excluding ortho intramolecular Hbond substituents is 2. The molecule has 0 aliphatic carbocycles. The summed E-state index contributed by atoms with van der Waals surface area (Å²) in [6, 6.07) is 26.2. The summed E-state index contributed by atoms with van der Waals surface area (Å²) in [6.07, 6.45) is -0.841. The van der Waals surface area contributed by atoms with Crippen molar-refractivity contribution in [3.63, 3.8) is 0 Å². The highest BCUT2D eigenvalue weighted by atomic mass is 32.1. The summed E-state index contributed by atoms with van der Waals surface area (Å²) in [6.45, 7) is 11.4. The van der Waals surface area contributed by atoms with Crippen molar-refractivity contribution in [2.75, 3.05) is 64.8 Å². The second kappa shape index (κ2) is 22.7. The highest BCUT2D eigenvalue weighted by Crippen LogP contribution is 2.37. The maximum atomic E-state index is 14.0. The molecule has 7 rings (SSSR count). The topological polar surface area (TPSA) is 197 Å². The number of hydrazine groups is 1. The molecule has 69 heavy (non-hydrogen) atoms. The predicted molar refractivity (Wildman–Crippen MR) is 265 cm³/mol. The number of aryl methyl sites for hydroxylation is 2. The summed E-state index contributed by atoms with van der Waals surface area (Å²) in [4.78, 5) is 47.4. The van der Waals surface area contributed by atoms with E-state index in [1.54, 1.807) is 53.2 Å². The Kier molecular flexibility index (Phi) is 16.6. The number of benzene rings is 4. The average Bonchev–Trinajstić information content (AvgIpc) is 4.02. The number of phenols is 2. The SMILES string of the molecule is Cc1ncsc1-c1ccc(N(C)NC(=O)[C@@H]2C[C@@H](O)CN2C(=O)[C@@H](NC(=O)COCCOCCOCCOc2ccc(Cn3c(-c4ccc(O)cc4)c(C)c4cc(O)ccc43)cc2)C(C)(C)C)cc1. The molecule has 1 fully saturated rings. The normalized spacial score (nSPS) is 15.3. The van der Waals surface area contributed by atoms with Crippen molar-refractivity contribution in [2.45, 2.75) is 65.8 Å². The maximum absolute atomic E-state index is 14.0. The third-order valence-corrected chi connectivity index (χ3v) is 13.0. The van der Waals surface area contributed by atoms with Crippen molar-refractivity contribution in [1.82, 2.24) is 25.2 Å². The average molecular weight is 963 g/mol. The van der Waals surface area contributed by atoms with E-state index in [2.05, 4.69) is 20.3 Å². The third-order valence-electron chi connectivity index (χ3n) is 12.0. The fraction of sp³-hybridized carbons (Fsp3) is 0.385. The molecular formula is C52H62N6O10S. The number of fused-ring (bicyclic) bond motifs is 1. The number of hydrogen-bond acceptors (Lipinski definition) is 13. The molecule has 4 aromatic carbocycles. The standard InChI is InChI=1S/C52H62N6O10S/c1-33-43-27-40(60)17-20-44(43)57(47(33)36-11-15-39(59)16-12-36)29-35-7-18-42(19-8-35)68-26-25-66-22-21-65-23-24-67-31-46(62)54-49(52(3,4)5)51(64)58-30-41(61)28-45(58)50(63)55-56(6)38-13-9-37(10-14-38)48-34(2)53-32-69-48/h7-20,27,32,41,45,49,59-61H,21-26,28-31H2,1-6H3,(H,54,62)(H,55,63)/t41-,45+,49-/m1/s1. The van der Waals surface area contributed by atoms with Crippen molar-refractivity contribution in [2.24, 2.45) is 5.41 Å². The van der Waals surface area contributed by atoms with Gasteiger partial charge >= 0.3 is 0 Å². The number of carbonyl (C=O) groups excluding carboxylic acids is 3. The van der Waals surface area contributed by atoms with E-state index in [9.17, 15) is 29.7 Å². The number of carbonyl (C=O) groups is 3. The van der Waals surface area contributed by atoms with E-state index < -0.39 is 41.3 Å². The molecule has 6 aromatic rings. The molecule has 3 atom stereocenters. The van der Waals surface area contributed by atoms with Crippen LogP contribution in [0.15, 0.2) is 96.5 Å². The van der Waals surface area contributed by atoms with Crippen molar-refractivity contribution in [1.29, 1.82) is 0 Å². The second-order valence-electron chi connectivity index (χ2n) is 18.2. The predicted octanol–water partition coefficient (Wildman–Crippen LogP) is 6.60. The first-order valence-corrected chi connectivity index (χ1v) is 23.8. The zero-order valence-electron chi connectivity index (χ0n) is 39.9. The number of aromatic nitrogens is 2. The Labute approximate surface area is 406 Å². The first-order valence-electron chi connectivity index (χ1n) is 23.0. The van der Waals surface area contributed by atoms with Gasteiger partial charge in [-0.1, -0.05) is 45.0 Å². The molecule has 0 unspecified atom stereocenters. The highest BCUT2D eigenvalue weighted by Gasteiger charge is 2.44. The lowest BCUT2D eigenvalue weighted by Crippen LogP contribution is -2.59. The Hall–Kier alpha value is -6.50. The molecule has 0 saturated carbocycles. The van der Waals surface area contributed by atoms with E-state index in [4.69, 9.17) is 18.9 Å². The van der Waals surface area contributed by atoms with Crippen LogP contribution in [-0.4, -0.2) is 126 Å². The molecule has 5 N–H and O–H groups in total. The summed E-state index contributed by atoms with van der Waals surface area (Å²) >= 11 is 1.56. The first kappa shape index (κ1) is 50.4. The number of hydrogen-bond donors (Lipinski definition) is 5. The second-order valence-corrected chi connectivity index (χ2v) is 19.0. The van der Waals surface area contributed by atoms with Gasteiger partial charge in [-0.2, -0.15) is 0 Å². The number of rotatable bonds is 21. The van der Waals surface area contributed by atoms with Crippen LogP contribution in [0.25, 0.3) is 32.6 Å². The summed E-state index contributed by atoms with van der Waals surface area (Å²) in [7, 11) is 1.71. The Balaban J connectivity index is 0.785. The number of anilines is 1. The molecule has 0 radical (unpaired) electrons. The summed E-state index contributed by atoms with van der Waals surface area (Å²) in [5.41, 5.74) is 11.7. The summed E-state index contributed by atoms with van der Waals surface area (Å²) in [5, 5.41) is 36.0. The van der Waals surface area contributed by atoms with Crippen LogP contribution in [0.4, 0.5) is 5.69 Å². The van der Waals surface area contributed by atoms with Crippen molar-refractivity contribution >= 4 is 45.6 Å². The molecule has 3 heterocycles. The fourth-order valence-electron chi connectivity index (χ4n) is 8.41. The van der Waals surface area contributed by atoms with Crippen LogP contribution in [0.5, 0.6) is 17.2 Å². The number of thiazole rings is 1. The lowest BCUT2D eigenvalue weighted by Gasteiger charge is -2.35. The minimum Gasteiger partial charge on any atom is -0.508 e. The van der Waals surface area contributed by atoms with Crippen LogP contribution in [0.3, 0.4) is 0 Å². The van der Waals surface area contributed by atoms with Gasteiger partial charge in [0.15, 0.2) is 0 Å². The zero-order valence-corrected chi connectivity index (χ0v) is 40.8. The van der Waals surface area contributed by atoms with Crippen molar-refractivity contribution < 1.29 is 48.7 Å². The van der Waals surface area contributed by atoms with Crippen LogP contribution in [0, 0.1) is 19.3 Å². The monoisotopic (exact) mass is 962 g/mol. The van der Waals surface area contributed by atoms with E-state index in [-0.39, 0.29) is 44.3 Å². The van der Waals surface area contributed by atoms with E-state index in [1.165, 1.54) is 4.90 Å². The highest BCUT2D eigenvalue weighted by molar-refractivity contribution is 7.13. The Morgan fingerprint density at radius 2 is 1.48 bits per heavy atom. The maximum Gasteiger partial charge on any atom is 0.261 e. The third kappa shape index (κ3) is 12.8. The quantitative estimate of drug-likeness (QED) is 0.0384. The van der Waals surface area contributed by atoms with Gasteiger partial charge in [0.1, 0.15) is 42.5 Å². The van der Waals surface area contributed by atoms with Gasteiger partial charge in [0.05, 0.1) is 66.6 Å². The minimum atomic E-state index is -0.989. The lowest BCUT2D eigenvalue weighted by molar-refractivity contribution is -0.144. The van der Waals surface area contributed by atoms with Crippen molar-refractivity contribution in [3.8, 4) is 38.9 Å². The molecule has 1 aliphatic rings. The van der Waals surface area contributed by atoms with Gasteiger partial charge in [0, 0.05) is 37.5 Å². The molecule has 1 aliphatic heterocycles. The summed E-state index contributed by atoms with van der Waals surface area (Å²) in [5.74, 6) is -0.300. The van der Waals surface area contributed by atoms with E-state index in [0.717, 1.165) is 55.1 Å². The van der Waals surface area contributed by atoms with Gasteiger partial charge in [0.25, 0.3) is 5.91 Å². The Morgan fingerprint density at radius 3 is 2.13 bits per heavy atom. The van der Waals surface area contributed by atoms with Gasteiger partial charge in [-0.25, -0.2) is 4.98 Å². The van der Waals surface area contributed by atoms with Crippen LogP contribution in [-0.2, 0) is 35.1 Å². The van der Waals surface area contributed by atoms with Crippen LogP contribution in [0.1, 0.15) is 44.0 Å². The van der Waals surface area contributed by atoms with Crippen LogP contribution < -0.4 is 20.5 Å². The molecule has 17 heteroatoms. The van der Waals surface area contributed by atoms with Crippen molar-refractivity contribution in [3.05, 3.63) is 113 Å². The van der Waals surface area contributed by atoms with Gasteiger partial charge in [-0.3, -0.25) is 24.8 Å². The zero-order chi connectivity index (χ0) is 49.2. The molecule has 366 valence electrons. The first-order chi connectivity index (χ1) is 33.1. The van der Waals surface area contributed by atoms with Gasteiger partial charge in [-0.05, 0) is 108 Å². The fourth-order valence-corrected chi connectivity index (χ4v) is 9.22. The van der Waals surface area contributed by atoms with Gasteiger partial charge < -0.3 is 49.1 Å². The Bertz CT molecular complexity index is 2680. The number of ether oxygens (including phenoxy) is 4. The lowest BCUT2D eigenvalue weighted by atomic mass is 9.85. The number of likely N-dealkylation sites (tertiary alicyclic amines) is 1. The minimum absolute atomic E-state index is 0.0432. The number of aromatic hydroxyl groups is 2. The smallest absolute Gasteiger partial charge is 0.261 e. The number of nitrogens with zero attached hydrogens (tertiary/aromatic N) is 4. The number of nitrogens with one attached hydrogen (secondary N) is 2. The molecule has 2 aromatic heterocycles. The molecule has 16 nitrogen and oxygen atoms in total. The van der Waals surface area contributed by atoms with Crippen LogP contribution >= 0.6 is 11.3 Å². The molecule has 0 spiro atoms.